The van der Waals surface area contributed by atoms with Gasteiger partial charge in [-0.15, -0.1) is 0 Å². The second-order valence-corrected chi connectivity index (χ2v) is 6.65. The van der Waals surface area contributed by atoms with Gasteiger partial charge in [0.15, 0.2) is 0 Å². The van der Waals surface area contributed by atoms with Gasteiger partial charge in [-0.3, -0.25) is 5.41 Å². The summed E-state index contributed by atoms with van der Waals surface area (Å²) in [5, 5.41) is 11.0. The number of rotatable bonds is 4. The van der Waals surface area contributed by atoms with Crippen molar-refractivity contribution in [3.63, 3.8) is 0 Å². The Kier molecular flexibility index (Phi) is 4.12. The van der Waals surface area contributed by atoms with Gasteiger partial charge in [-0.25, -0.2) is 4.98 Å². The predicted octanol–water partition coefficient (Wildman–Crippen LogP) is 2.69. The molecule has 27 heavy (non-hydrogen) atoms. The number of nitrogen functional groups attached to an aromatic ring is 3. The van der Waals surface area contributed by atoms with Crippen LogP contribution >= 0.6 is 0 Å². The number of aromatic nitrogens is 2. The van der Waals surface area contributed by atoms with Crippen molar-refractivity contribution >= 4 is 23.3 Å². The maximum absolute atomic E-state index is 7.55. The largest absolute Gasteiger partial charge is 0.398 e. The van der Waals surface area contributed by atoms with Crippen molar-refractivity contribution in [2.24, 2.45) is 5.73 Å². The fourth-order valence-corrected chi connectivity index (χ4v) is 3.54. The smallest absolute Gasteiger partial charge is 0.222 e. The van der Waals surface area contributed by atoms with E-state index in [1.165, 1.54) is 11.1 Å². The molecule has 1 aromatic heterocycles. The molecule has 8 N–H and O–H groups in total. The van der Waals surface area contributed by atoms with Crippen LogP contribution in [-0.2, 0) is 6.42 Å². The van der Waals surface area contributed by atoms with Gasteiger partial charge in [0.2, 0.25) is 5.95 Å². The Hall–Kier alpha value is -3.61. The summed E-state index contributed by atoms with van der Waals surface area (Å²) in [6.45, 7) is 0. The quantitative estimate of drug-likeness (QED) is 0.276. The fourth-order valence-electron chi connectivity index (χ4n) is 3.54. The molecule has 1 unspecified atom stereocenters. The second-order valence-electron chi connectivity index (χ2n) is 6.65. The van der Waals surface area contributed by atoms with Crippen LogP contribution in [0.3, 0.4) is 0 Å². The molecule has 1 heterocycles. The van der Waals surface area contributed by atoms with Crippen LogP contribution in [-0.4, -0.2) is 15.8 Å². The molecule has 3 aromatic rings. The van der Waals surface area contributed by atoms with Crippen LogP contribution < -0.4 is 22.5 Å². The van der Waals surface area contributed by atoms with E-state index in [0.717, 1.165) is 18.4 Å². The lowest BCUT2D eigenvalue weighted by Crippen LogP contribution is -2.13. The van der Waals surface area contributed by atoms with Crippen molar-refractivity contribution in [1.82, 2.24) is 9.97 Å². The molecule has 1 atom stereocenters. The summed E-state index contributed by atoms with van der Waals surface area (Å²) in [6.07, 6.45) is 2.06. The first-order valence-corrected chi connectivity index (χ1v) is 8.74. The summed E-state index contributed by atoms with van der Waals surface area (Å²) in [6, 6.07) is 15.8. The van der Waals surface area contributed by atoms with Crippen molar-refractivity contribution in [2.75, 3.05) is 16.8 Å². The topological polar surface area (TPSA) is 140 Å². The van der Waals surface area contributed by atoms with Crippen molar-refractivity contribution in [3.8, 4) is 11.3 Å². The lowest BCUT2D eigenvalue weighted by Gasteiger charge is -2.16. The van der Waals surface area contributed by atoms with Crippen LogP contribution in [0.5, 0.6) is 0 Å². The molecular formula is C20H21N7. The number of hydrogen-bond donors (Lipinski definition) is 5. The Labute approximate surface area is 157 Å². The van der Waals surface area contributed by atoms with E-state index < -0.39 is 0 Å². The summed E-state index contributed by atoms with van der Waals surface area (Å²) in [7, 11) is 0. The van der Waals surface area contributed by atoms with E-state index in [9.17, 15) is 0 Å². The summed E-state index contributed by atoms with van der Waals surface area (Å²) in [4.78, 5) is 8.66. The van der Waals surface area contributed by atoms with Crippen molar-refractivity contribution < 1.29 is 0 Å². The number of fused-ring (bicyclic) bond motifs is 1. The normalized spacial score (nSPS) is 15.3. The number of aryl methyl sites for hydroxylation is 1. The summed E-state index contributed by atoms with van der Waals surface area (Å²) in [5.74, 6) is 0.799. The van der Waals surface area contributed by atoms with Crippen LogP contribution in [0.1, 0.15) is 29.2 Å². The first-order valence-electron chi connectivity index (χ1n) is 8.74. The molecule has 0 saturated carbocycles. The van der Waals surface area contributed by atoms with Crippen LogP contribution in [0.25, 0.3) is 11.3 Å². The van der Waals surface area contributed by atoms with Crippen molar-refractivity contribution in [2.45, 2.75) is 18.9 Å². The molecule has 0 aliphatic heterocycles. The molecule has 2 aromatic carbocycles. The molecule has 0 fully saturated rings. The van der Waals surface area contributed by atoms with Gasteiger partial charge in [0, 0.05) is 22.9 Å². The molecule has 0 spiro atoms. The highest BCUT2D eigenvalue weighted by Crippen LogP contribution is 2.34. The molecule has 7 nitrogen and oxygen atoms in total. The molecule has 136 valence electrons. The third-order valence-electron chi connectivity index (χ3n) is 4.84. The lowest BCUT2D eigenvalue weighted by molar-refractivity contribution is 0.757. The number of nitrogens with zero attached hydrogens (tertiary/aromatic N) is 2. The SMILES string of the molecule is N=C(N)c1ccc(-c2cc(NC3CCc4ccccc43)nc(N)n2)cc1N. The van der Waals surface area contributed by atoms with Gasteiger partial charge >= 0.3 is 0 Å². The average molecular weight is 359 g/mol. The third kappa shape index (κ3) is 3.27. The first-order chi connectivity index (χ1) is 13.0. The van der Waals surface area contributed by atoms with E-state index in [-0.39, 0.29) is 17.8 Å². The molecule has 7 heteroatoms. The van der Waals surface area contributed by atoms with Gasteiger partial charge in [-0.2, -0.15) is 4.98 Å². The molecule has 0 radical (unpaired) electrons. The zero-order valence-electron chi connectivity index (χ0n) is 14.7. The van der Waals surface area contributed by atoms with Crippen molar-refractivity contribution in [1.29, 1.82) is 5.41 Å². The van der Waals surface area contributed by atoms with E-state index in [1.54, 1.807) is 12.1 Å². The van der Waals surface area contributed by atoms with Crippen molar-refractivity contribution in [3.05, 3.63) is 65.2 Å². The number of nitrogens with one attached hydrogen (secondary N) is 2. The maximum Gasteiger partial charge on any atom is 0.222 e. The molecule has 0 bridgehead atoms. The Bertz CT molecular complexity index is 1030. The standard InChI is InChI=1S/C20H21N7/c21-15-9-12(5-7-14(15)19(22)23)17-10-18(27-20(24)26-17)25-16-8-6-11-3-1-2-4-13(11)16/h1-5,7,9-10,16H,6,8,21H2,(H3,22,23)(H3,24,25,26,27). The number of benzene rings is 2. The van der Waals surface area contributed by atoms with Gasteiger partial charge in [-0.05, 0) is 36.1 Å². The molecular weight excluding hydrogens is 338 g/mol. The third-order valence-corrected chi connectivity index (χ3v) is 4.84. The molecule has 0 amide bonds. The Morgan fingerprint density at radius 3 is 2.67 bits per heavy atom. The Morgan fingerprint density at radius 2 is 1.89 bits per heavy atom. The summed E-state index contributed by atoms with van der Waals surface area (Å²) in [5.41, 5.74) is 22.5. The van der Waals surface area contributed by atoms with Gasteiger partial charge < -0.3 is 22.5 Å². The number of anilines is 3. The molecule has 1 aliphatic rings. The average Bonchev–Trinajstić information content (AvgIpc) is 3.04. The minimum Gasteiger partial charge on any atom is -0.398 e. The monoisotopic (exact) mass is 359 g/mol. The molecule has 0 saturated heterocycles. The maximum atomic E-state index is 7.55. The minimum atomic E-state index is -0.0662. The van der Waals surface area contributed by atoms with Gasteiger partial charge in [-0.1, -0.05) is 30.3 Å². The molecule has 4 rings (SSSR count). The number of nitrogens with two attached hydrogens (primary N) is 3. The zero-order chi connectivity index (χ0) is 19.0. The highest BCUT2D eigenvalue weighted by atomic mass is 15.1. The van der Waals surface area contributed by atoms with E-state index >= 15 is 0 Å². The Morgan fingerprint density at radius 1 is 1.07 bits per heavy atom. The van der Waals surface area contributed by atoms with Gasteiger partial charge in [0.1, 0.15) is 11.7 Å². The van der Waals surface area contributed by atoms with Crippen LogP contribution in [0.4, 0.5) is 17.5 Å². The van der Waals surface area contributed by atoms with Gasteiger partial charge in [0.05, 0.1) is 11.7 Å². The Balaban J connectivity index is 1.65. The summed E-state index contributed by atoms with van der Waals surface area (Å²) >= 11 is 0. The molecule has 1 aliphatic carbocycles. The van der Waals surface area contributed by atoms with Crippen LogP contribution in [0, 0.1) is 5.41 Å². The van der Waals surface area contributed by atoms with E-state index in [1.807, 2.05) is 12.1 Å². The highest BCUT2D eigenvalue weighted by Gasteiger charge is 2.22. The second kappa shape index (κ2) is 6.60. The van der Waals surface area contributed by atoms with Crippen LogP contribution in [0.2, 0.25) is 0 Å². The highest BCUT2D eigenvalue weighted by molar-refractivity contribution is 6.00. The van der Waals surface area contributed by atoms with E-state index in [2.05, 4.69) is 39.6 Å². The predicted molar refractivity (Wildman–Crippen MR) is 108 cm³/mol. The van der Waals surface area contributed by atoms with E-state index in [0.29, 0.717) is 22.8 Å². The van der Waals surface area contributed by atoms with Gasteiger partial charge in [0.25, 0.3) is 0 Å². The summed E-state index contributed by atoms with van der Waals surface area (Å²) < 4.78 is 0. The minimum absolute atomic E-state index is 0.0662. The zero-order valence-corrected chi connectivity index (χ0v) is 14.7. The number of amidine groups is 1. The first kappa shape index (κ1) is 16.8. The lowest BCUT2D eigenvalue weighted by atomic mass is 10.1. The van der Waals surface area contributed by atoms with E-state index in [4.69, 9.17) is 22.6 Å². The van der Waals surface area contributed by atoms with Crippen LogP contribution in [0.15, 0.2) is 48.5 Å². The number of hydrogen-bond acceptors (Lipinski definition) is 6. The fraction of sp³-hybridized carbons (Fsp3) is 0.150.